The van der Waals surface area contributed by atoms with Gasteiger partial charge in [-0.15, -0.1) is 0 Å². The lowest BCUT2D eigenvalue weighted by Crippen LogP contribution is -2.30. The van der Waals surface area contributed by atoms with E-state index < -0.39 is 5.97 Å². The fraction of sp³-hybridized carbons (Fsp3) is 0.971. The zero-order valence-corrected chi connectivity index (χ0v) is 26.6. The van der Waals surface area contributed by atoms with Crippen LogP contribution in [0.5, 0.6) is 0 Å². The summed E-state index contributed by atoms with van der Waals surface area (Å²) in [7, 11) is 0. The molecule has 0 bridgehead atoms. The molecular weight excluding hydrogens is 486 g/mol. The zero-order valence-electron chi connectivity index (χ0n) is 26.6. The van der Waals surface area contributed by atoms with Crippen LogP contribution in [0.25, 0.3) is 0 Å². The molecule has 0 saturated heterocycles. The van der Waals surface area contributed by atoms with Gasteiger partial charge in [0.05, 0.1) is 13.2 Å². The molecule has 39 heavy (non-hydrogen) atoms. The minimum Gasteiger partial charge on any atom is -0.481 e. The van der Waals surface area contributed by atoms with Crippen molar-refractivity contribution in [1.82, 2.24) is 4.90 Å². The SMILES string of the molecule is CCCCCCCCCCCC(=O)O.CCCCCCCCCCCCCCCCCCN(CCO)CCO. The highest BCUT2D eigenvalue weighted by atomic mass is 16.4. The van der Waals surface area contributed by atoms with E-state index in [9.17, 15) is 4.79 Å². The Bertz CT molecular complexity index is 441. The van der Waals surface area contributed by atoms with Crippen LogP contribution in [-0.2, 0) is 4.79 Å². The first-order valence-electron chi connectivity index (χ1n) is 17.3. The smallest absolute Gasteiger partial charge is 0.303 e. The van der Waals surface area contributed by atoms with Crippen LogP contribution < -0.4 is 0 Å². The van der Waals surface area contributed by atoms with Crippen LogP contribution in [0.2, 0.25) is 0 Å². The first-order valence-corrected chi connectivity index (χ1v) is 17.3. The first kappa shape index (κ1) is 40.5. The van der Waals surface area contributed by atoms with Gasteiger partial charge in [-0.2, -0.15) is 0 Å². The van der Waals surface area contributed by atoms with Crippen LogP contribution >= 0.6 is 0 Å². The van der Waals surface area contributed by atoms with E-state index in [0.717, 1.165) is 19.4 Å². The number of hydrogen-bond donors (Lipinski definition) is 3. The third kappa shape index (κ3) is 39.6. The van der Waals surface area contributed by atoms with Gasteiger partial charge in [0, 0.05) is 19.5 Å². The number of hydrogen-bond acceptors (Lipinski definition) is 4. The van der Waals surface area contributed by atoms with Crippen LogP contribution in [0.4, 0.5) is 0 Å². The lowest BCUT2D eigenvalue weighted by atomic mass is 10.0. The molecule has 0 unspecified atom stereocenters. The number of unbranched alkanes of at least 4 members (excludes halogenated alkanes) is 23. The Hall–Kier alpha value is -0.650. The summed E-state index contributed by atoms with van der Waals surface area (Å²) in [5.41, 5.74) is 0. The second kappa shape index (κ2) is 37.4. The number of aliphatic hydroxyl groups excluding tert-OH is 2. The van der Waals surface area contributed by atoms with Crippen molar-refractivity contribution in [1.29, 1.82) is 0 Å². The molecule has 0 aromatic rings. The molecule has 0 radical (unpaired) electrons. The molecule has 0 aromatic carbocycles. The predicted octanol–water partition coefficient (Wildman–Crippen LogP) is 9.53. The van der Waals surface area contributed by atoms with Gasteiger partial charge in [-0.1, -0.05) is 162 Å². The molecule has 0 atom stereocenters. The second-order valence-electron chi connectivity index (χ2n) is 11.6. The average molecular weight is 558 g/mol. The Morgan fingerprint density at radius 2 is 0.718 bits per heavy atom. The monoisotopic (exact) mass is 558 g/mol. The van der Waals surface area contributed by atoms with Gasteiger partial charge >= 0.3 is 5.97 Å². The first-order chi connectivity index (χ1) is 19.1. The summed E-state index contributed by atoms with van der Waals surface area (Å²) in [5, 5.41) is 26.4. The van der Waals surface area contributed by atoms with E-state index in [1.54, 1.807) is 0 Å². The highest BCUT2D eigenvalue weighted by molar-refractivity contribution is 5.66. The molecule has 236 valence electrons. The van der Waals surface area contributed by atoms with Crippen molar-refractivity contribution < 1.29 is 20.1 Å². The van der Waals surface area contributed by atoms with Crippen molar-refractivity contribution in [3.8, 4) is 0 Å². The molecule has 5 nitrogen and oxygen atoms in total. The Labute approximate surface area is 244 Å². The summed E-state index contributed by atoms with van der Waals surface area (Å²) in [6.45, 7) is 7.30. The Morgan fingerprint density at radius 1 is 0.436 bits per heavy atom. The van der Waals surface area contributed by atoms with Crippen molar-refractivity contribution in [3.63, 3.8) is 0 Å². The molecule has 3 N–H and O–H groups in total. The van der Waals surface area contributed by atoms with Gasteiger partial charge in [-0.25, -0.2) is 0 Å². The Kier molecular flexibility index (Phi) is 38.8. The number of aliphatic hydroxyl groups is 2. The van der Waals surface area contributed by atoms with Crippen LogP contribution in [0, 0.1) is 0 Å². The maximum absolute atomic E-state index is 10.2. The minimum absolute atomic E-state index is 0.193. The molecule has 0 aliphatic heterocycles. The lowest BCUT2D eigenvalue weighted by Gasteiger charge is -2.19. The third-order valence-corrected chi connectivity index (χ3v) is 7.65. The van der Waals surface area contributed by atoms with Crippen molar-refractivity contribution in [2.45, 2.75) is 181 Å². The summed E-state index contributed by atoms with van der Waals surface area (Å²) in [6, 6.07) is 0. The van der Waals surface area contributed by atoms with Crippen molar-refractivity contribution in [3.05, 3.63) is 0 Å². The summed E-state index contributed by atoms with van der Waals surface area (Å²) in [6.07, 6.45) is 33.8. The molecule has 0 aromatic heterocycles. The van der Waals surface area contributed by atoms with Gasteiger partial charge in [0.15, 0.2) is 0 Å². The van der Waals surface area contributed by atoms with Crippen molar-refractivity contribution in [2.24, 2.45) is 0 Å². The number of nitrogens with zero attached hydrogens (tertiary/aromatic N) is 1. The van der Waals surface area contributed by atoms with E-state index in [0.29, 0.717) is 19.5 Å². The Morgan fingerprint density at radius 3 is 1.00 bits per heavy atom. The number of carbonyl (C=O) groups is 1. The van der Waals surface area contributed by atoms with Crippen LogP contribution in [0.3, 0.4) is 0 Å². The highest BCUT2D eigenvalue weighted by Crippen LogP contribution is 2.14. The summed E-state index contributed by atoms with van der Waals surface area (Å²) < 4.78 is 0. The van der Waals surface area contributed by atoms with Gasteiger partial charge in [-0.3, -0.25) is 9.69 Å². The van der Waals surface area contributed by atoms with E-state index in [4.69, 9.17) is 15.3 Å². The molecule has 0 saturated carbocycles. The second-order valence-corrected chi connectivity index (χ2v) is 11.6. The standard InChI is InChI=1S/C22H47NO2.C12H24O2/c1-2-3-4-5-6-7-8-9-10-11-12-13-14-15-16-17-18-23(19-21-24)20-22-25;1-2-3-4-5-6-7-8-9-10-11-12(13)14/h24-25H,2-22H2,1H3;2-11H2,1H3,(H,13,14). The lowest BCUT2D eigenvalue weighted by molar-refractivity contribution is -0.137. The number of rotatable bonds is 31. The third-order valence-electron chi connectivity index (χ3n) is 7.65. The molecular formula is C34H71NO4. The van der Waals surface area contributed by atoms with E-state index in [1.807, 2.05) is 0 Å². The van der Waals surface area contributed by atoms with Crippen LogP contribution in [0.1, 0.15) is 181 Å². The number of carboxylic acids is 1. The van der Waals surface area contributed by atoms with Gasteiger partial charge in [0.2, 0.25) is 0 Å². The van der Waals surface area contributed by atoms with Crippen molar-refractivity contribution >= 4 is 5.97 Å². The van der Waals surface area contributed by atoms with E-state index in [1.165, 1.54) is 148 Å². The maximum Gasteiger partial charge on any atom is 0.303 e. The quantitative estimate of drug-likeness (QED) is 0.0739. The fourth-order valence-electron chi connectivity index (χ4n) is 5.09. The number of carboxylic acid groups (broad SMARTS) is 1. The van der Waals surface area contributed by atoms with Gasteiger partial charge in [0.25, 0.3) is 0 Å². The minimum atomic E-state index is -0.659. The van der Waals surface area contributed by atoms with Gasteiger partial charge < -0.3 is 15.3 Å². The van der Waals surface area contributed by atoms with Crippen LogP contribution in [-0.4, -0.2) is 59.0 Å². The molecule has 5 heteroatoms. The van der Waals surface area contributed by atoms with Gasteiger partial charge in [-0.05, 0) is 19.4 Å². The molecule has 0 fully saturated rings. The topological polar surface area (TPSA) is 81.0 Å². The Balaban J connectivity index is 0. The van der Waals surface area contributed by atoms with E-state index in [-0.39, 0.29) is 13.2 Å². The summed E-state index contributed by atoms with van der Waals surface area (Å²) in [5.74, 6) is -0.659. The number of aliphatic carboxylic acids is 1. The van der Waals surface area contributed by atoms with Gasteiger partial charge in [0.1, 0.15) is 0 Å². The molecule has 0 aliphatic rings. The highest BCUT2D eigenvalue weighted by Gasteiger charge is 2.02. The maximum atomic E-state index is 10.2. The van der Waals surface area contributed by atoms with Crippen LogP contribution in [0.15, 0.2) is 0 Å². The average Bonchev–Trinajstić information content (AvgIpc) is 2.92. The summed E-state index contributed by atoms with van der Waals surface area (Å²) >= 11 is 0. The summed E-state index contributed by atoms with van der Waals surface area (Å²) in [4.78, 5) is 12.4. The van der Waals surface area contributed by atoms with E-state index >= 15 is 0 Å². The molecule has 0 aliphatic carbocycles. The van der Waals surface area contributed by atoms with Crippen molar-refractivity contribution in [2.75, 3.05) is 32.8 Å². The normalized spacial score (nSPS) is 11.1. The molecule has 0 spiro atoms. The van der Waals surface area contributed by atoms with E-state index in [2.05, 4.69) is 18.7 Å². The molecule has 0 amide bonds. The largest absolute Gasteiger partial charge is 0.481 e. The molecule has 0 heterocycles. The molecule has 0 rings (SSSR count). The predicted molar refractivity (Wildman–Crippen MR) is 170 cm³/mol. The zero-order chi connectivity index (χ0) is 29.1. The fourth-order valence-corrected chi connectivity index (χ4v) is 5.09.